The highest BCUT2D eigenvalue weighted by atomic mass is 19.1. The van der Waals surface area contributed by atoms with E-state index in [9.17, 15) is 9.50 Å². The Labute approximate surface area is 160 Å². The minimum absolute atomic E-state index is 0.246. The maximum Gasteiger partial charge on any atom is 0.193 e. The standard InChI is InChI=1S/C21H28FN3O2/c1-4-23-21(24-13-5-6-16-7-10-18(26)11-8-16)25(2)15-17-9-12-20(27-3)19(22)14-17/h7-12,14,26H,4-6,13,15H2,1-3H3,(H,23,24). The first kappa shape index (κ1) is 20.6. The molecule has 2 N–H and O–H groups in total. The predicted octanol–water partition coefficient (Wildman–Crippen LogP) is 3.57. The lowest BCUT2D eigenvalue weighted by molar-refractivity contribution is 0.385. The van der Waals surface area contributed by atoms with Crippen LogP contribution in [-0.4, -0.2) is 43.2 Å². The fourth-order valence-corrected chi connectivity index (χ4v) is 2.76. The second-order valence-corrected chi connectivity index (χ2v) is 6.33. The molecule has 0 aliphatic carbocycles. The highest BCUT2D eigenvalue weighted by molar-refractivity contribution is 5.79. The van der Waals surface area contributed by atoms with E-state index in [1.165, 1.54) is 18.7 Å². The van der Waals surface area contributed by atoms with Crippen LogP contribution in [0, 0.1) is 5.82 Å². The van der Waals surface area contributed by atoms with Crippen molar-refractivity contribution in [2.24, 2.45) is 4.99 Å². The number of phenols is 1. The average molecular weight is 373 g/mol. The number of hydrogen-bond donors (Lipinski definition) is 2. The van der Waals surface area contributed by atoms with Gasteiger partial charge in [-0.15, -0.1) is 0 Å². The summed E-state index contributed by atoms with van der Waals surface area (Å²) in [6.07, 6.45) is 1.81. The first-order valence-corrected chi connectivity index (χ1v) is 9.13. The van der Waals surface area contributed by atoms with Crippen molar-refractivity contribution in [3.63, 3.8) is 0 Å². The van der Waals surface area contributed by atoms with Crippen molar-refractivity contribution in [3.8, 4) is 11.5 Å². The van der Waals surface area contributed by atoms with Crippen LogP contribution in [0.4, 0.5) is 4.39 Å². The molecule has 0 saturated carbocycles. The molecule has 27 heavy (non-hydrogen) atoms. The van der Waals surface area contributed by atoms with Gasteiger partial charge in [-0.05, 0) is 55.2 Å². The lowest BCUT2D eigenvalue weighted by Crippen LogP contribution is -2.38. The molecule has 0 radical (unpaired) electrons. The molecule has 0 aromatic heterocycles. The number of nitrogens with zero attached hydrogens (tertiary/aromatic N) is 2. The van der Waals surface area contributed by atoms with Crippen molar-refractivity contribution >= 4 is 5.96 Å². The van der Waals surface area contributed by atoms with Gasteiger partial charge in [-0.1, -0.05) is 18.2 Å². The highest BCUT2D eigenvalue weighted by Crippen LogP contribution is 2.18. The third kappa shape index (κ3) is 6.47. The number of phenolic OH excluding ortho intramolecular Hbond substituents is 1. The Morgan fingerprint density at radius 3 is 2.52 bits per heavy atom. The number of aliphatic imine (C=N–C) groups is 1. The molecular weight excluding hydrogens is 345 g/mol. The third-order valence-electron chi connectivity index (χ3n) is 4.15. The number of halogens is 1. The van der Waals surface area contributed by atoms with Crippen LogP contribution in [0.15, 0.2) is 47.5 Å². The van der Waals surface area contributed by atoms with Crippen LogP contribution < -0.4 is 10.1 Å². The number of guanidine groups is 1. The maximum absolute atomic E-state index is 13.9. The number of methoxy groups -OCH3 is 1. The van der Waals surface area contributed by atoms with Crippen LogP contribution in [-0.2, 0) is 13.0 Å². The number of aromatic hydroxyl groups is 1. The zero-order chi connectivity index (χ0) is 19.6. The molecule has 146 valence electrons. The van der Waals surface area contributed by atoms with Gasteiger partial charge < -0.3 is 20.1 Å². The number of hydrogen-bond acceptors (Lipinski definition) is 3. The van der Waals surface area contributed by atoms with Gasteiger partial charge in [-0.3, -0.25) is 4.99 Å². The van der Waals surface area contributed by atoms with E-state index in [2.05, 4.69) is 10.3 Å². The third-order valence-corrected chi connectivity index (χ3v) is 4.15. The lowest BCUT2D eigenvalue weighted by atomic mass is 10.1. The molecule has 0 spiro atoms. The Morgan fingerprint density at radius 1 is 1.19 bits per heavy atom. The predicted molar refractivity (Wildman–Crippen MR) is 107 cm³/mol. The molecule has 0 saturated heterocycles. The Hall–Kier alpha value is -2.76. The van der Waals surface area contributed by atoms with Crippen molar-refractivity contribution in [2.75, 3.05) is 27.2 Å². The Balaban J connectivity index is 1.92. The molecule has 0 heterocycles. The number of ether oxygens (including phenoxy) is 1. The molecule has 0 atom stereocenters. The first-order valence-electron chi connectivity index (χ1n) is 9.13. The quantitative estimate of drug-likeness (QED) is 0.422. The summed E-state index contributed by atoms with van der Waals surface area (Å²) in [4.78, 5) is 6.64. The monoisotopic (exact) mass is 373 g/mol. The zero-order valence-electron chi connectivity index (χ0n) is 16.2. The SMILES string of the molecule is CCNC(=NCCCc1ccc(O)cc1)N(C)Cc1ccc(OC)c(F)c1. The molecule has 2 rings (SSSR count). The molecular formula is C21H28FN3O2. The van der Waals surface area contributed by atoms with E-state index in [4.69, 9.17) is 4.74 Å². The van der Waals surface area contributed by atoms with Crippen LogP contribution in [0.2, 0.25) is 0 Å². The van der Waals surface area contributed by atoms with Gasteiger partial charge in [0.05, 0.1) is 7.11 Å². The molecule has 0 amide bonds. The summed E-state index contributed by atoms with van der Waals surface area (Å²) in [5, 5.41) is 12.6. The van der Waals surface area contributed by atoms with Gasteiger partial charge in [0, 0.05) is 26.7 Å². The van der Waals surface area contributed by atoms with Crippen LogP contribution >= 0.6 is 0 Å². The van der Waals surface area contributed by atoms with E-state index >= 15 is 0 Å². The molecule has 6 heteroatoms. The van der Waals surface area contributed by atoms with Gasteiger partial charge in [-0.2, -0.15) is 0 Å². The number of aryl methyl sites for hydroxylation is 1. The minimum Gasteiger partial charge on any atom is -0.508 e. The minimum atomic E-state index is -0.362. The second kappa shape index (κ2) is 10.4. The van der Waals surface area contributed by atoms with Gasteiger partial charge in [0.25, 0.3) is 0 Å². The van der Waals surface area contributed by atoms with Crippen LogP contribution in [0.1, 0.15) is 24.5 Å². The molecule has 0 aliphatic rings. The molecule has 2 aromatic rings. The average Bonchev–Trinajstić information content (AvgIpc) is 2.66. The van der Waals surface area contributed by atoms with E-state index < -0.39 is 0 Å². The van der Waals surface area contributed by atoms with Gasteiger partial charge in [0.1, 0.15) is 5.75 Å². The van der Waals surface area contributed by atoms with E-state index in [0.29, 0.717) is 13.1 Å². The topological polar surface area (TPSA) is 57.1 Å². The second-order valence-electron chi connectivity index (χ2n) is 6.33. The van der Waals surface area contributed by atoms with Gasteiger partial charge in [-0.25, -0.2) is 4.39 Å². The Bertz CT molecular complexity index is 748. The first-order chi connectivity index (χ1) is 13.0. The van der Waals surface area contributed by atoms with Crippen LogP contribution in [0.25, 0.3) is 0 Å². The highest BCUT2D eigenvalue weighted by Gasteiger charge is 2.09. The van der Waals surface area contributed by atoms with E-state index in [0.717, 1.165) is 30.9 Å². The van der Waals surface area contributed by atoms with E-state index in [1.54, 1.807) is 18.2 Å². The summed E-state index contributed by atoms with van der Waals surface area (Å²) in [6, 6.07) is 12.2. The summed E-state index contributed by atoms with van der Waals surface area (Å²) >= 11 is 0. The zero-order valence-corrected chi connectivity index (χ0v) is 16.2. The van der Waals surface area contributed by atoms with Crippen molar-refractivity contribution in [2.45, 2.75) is 26.3 Å². The number of nitrogens with one attached hydrogen (secondary N) is 1. The normalized spacial score (nSPS) is 11.3. The van der Waals surface area contributed by atoms with Gasteiger partial charge in [0.2, 0.25) is 0 Å². The molecule has 0 unspecified atom stereocenters. The van der Waals surface area contributed by atoms with Crippen molar-refractivity contribution in [1.82, 2.24) is 10.2 Å². The van der Waals surface area contributed by atoms with Gasteiger partial charge >= 0.3 is 0 Å². The molecule has 0 aliphatic heterocycles. The maximum atomic E-state index is 13.9. The Kier molecular flexibility index (Phi) is 7.92. The molecule has 0 bridgehead atoms. The van der Waals surface area contributed by atoms with Crippen molar-refractivity contribution < 1.29 is 14.2 Å². The van der Waals surface area contributed by atoms with Crippen molar-refractivity contribution in [1.29, 1.82) is 0 Å². The summed E-state index contributed by atoms with van der Waals surface area (Å²) in [7, 11) is 3.39. The van der Waals surface area contributed by atoms with Crippen LogP contribution in [0.5, 0.6) is 11.5 Å². The summed E-state index contributed by atoms with van der Waals surface area (Å²) < 4.78 is 18.8. The Morgan fingerprint density at radius 2 is 1.89 bits per heavy atom. The fourth-order valence-electron chi connectivity index (χ4n) is 2.76. The summed E-state index contributed by atoms with van der Waals surface area (Å²) in [5.74, 6) is 0.956. The van der Waals surface area contributed by atoms with Crippen LogP contribution in [0.3, 0.4) is 0 Å². The summed E-state index contributed by atoms with van der Waals surface area (Å²) in [6.45, 7) is 4.01. The van der Waals surface area contributed by atoms with E-state index in [1.807, 2.05) is 37.1 Å². The largest absolute Gasteiger partial charge is 0.508 e. The number of benzene rings is 2. The van der Waals surface area contributed by atoms with Gasteiger partial charge in [0.15, 0.2) is 17.5 Å². The molecule has 2 aromatic carbocycles. The molecule has 5 nitrogen and oxygen atoms in total. The number of rotatable bonds is 8. The fraction of sp³-hybridized carbons (Fsp3) is 0.381. The summed E-state index contributed by atoms with van der Waals surface area (Å²) in [5.41, 5.74) is 2.03. The smallest absolute Gasteiger partial charge is 0.193 e. The lowest BCUT2D eigenvalue weighted by Gasteiger charge is -2.22. The van der Waals surface area contributed by atoms with E-state index in [-0.39, 0.29) is 17.3 Å². The molecule has 0 fully saturated rings. The van der Waals surface area contributed by atoms with Crippen molar-refractivity contribution in [3.05, 3.63) is 59.4 Å².